The molecular formula is C12H15NO2. The highest BCUT2D eigenvalue weighted by Gasteiger charge is 2.18. The van der Waals surface area contributed by atoms with Gasteiger partial charge < -0.3 is 10.8 Å². The monoisotopic (exact) mass is 205 g/mol. The molecule has 0 aliphatic carbocycles. The molecule has 0 aromatic heterocycles. The number of allylic oxidation sites excluding steroid dienone is 1. The molecule has 0 bridgehead atoms. The molecule has 0 aliphatic rings. The smallest absolute Gasteiger partial charge is 0.193 e. The van der Waals surface area contributed by atoms with E-state index in [-0.39, 0.29) is 11.4 Å². The van der Waals surface area contributed by atoms with Crippen molar-refractivity contribution in [2.75, 3.05) is 0 Å². The van der Waals surface area contributed by atoms with Gasteiger partial charge in [-0.2, -0.15) is 0 Å². The Balaban J connectivity index is 3.09. The molecule has 1 rings (SSSR count). The van der Waals surface area contributed by atoms with Crippen LogP contribution in [-0.2, 0) is 0 Å². The maximum Gasteiger partial charge on any atom is 0.193 e. The summed E-state index contributed by atoms with van der Waals surface area (Å²) in [5.74, 6) is -0.217. The Morgan fingerprint density at radius 3 is 2.27 bits per heavy atom. The number of nitrogens with two attached hydrogens (primary N) is 1. The fraction of sp³-hybridized carbons (Fsp3) is 0.250. The van der Waals surface area contributed by atoms with Gasteiger partial charge in [-0.3, -0.25) is 4.79 Å². The van der Waals surface area contributed by atoms with Crippen LogP contribution >= 0.6 is 0 Å². The van der Waals surface area contributed by atoms with Crippen LogP contribution in [0.25, 0.3) is 0 Å². The number of hydrogen-bond acceptors (Lipinski definition) is 3. The third-order valence-electron chi connectivity index (χ3n) is 2.12. The second-order valence-electron chi connectivity index (χ2n) is 3.47. The summed E-state index contributed by atoms with van der Waals surface area (Å²) in [5, 5.41) is 9.46. The van der Waals surface area contributed by atoms with Crippen molar-refractivity contribution in [3.05, 3.63) is 47.2 Å². The van der Waals surface area contributed by atoms with Crippen LogP contribution in [-0.4, -0.2) is 17.0 Å². The SMILES string of the molecule is CC(N)=C(C(=O)c1ccccc1)C(C)O. The zero-order chi connectivity index (χ0) is 11.4. The molecule has 1 unspecified atom stereocenters. The Hall–Kier alpha value is -1.61. The van der Waals surface area contributed by atoms with Crippen molar-refractivity contribution in [1.29, 1.82) is 0 Å². The first kappa shape index (κ1) is 11.5. The lowest BCUT2D eigenvalue weighted by Gasteiger charge is -2.11. The largest absolute Gasteiger partial charge is 0.402 e. The third kappa shape index (κ3) is 2.67. The number of carbonyl (C=O) groups excluding carboxylic acids is 1. The average Bonchev–Trinajstić information content (AvgIpc) is 2.18. The number of aliphatic hydroxyl groups excluding tert-OH is 1. The Bertz CT molecular complexity index is 376. The summed E-state index contributed by atoms with van der Waals surface area (Å²) < 4.78 is 0. The molecule has 80 valence electrons. The summed E-state index contributed by atoms with van der Waals surface area (Å²) in [6.45, 7) is 3.15. The van der Waals surface area contributed by atoms with E-state index in [1.807, 2.05) is 6.07 Å². The van der Waals surface area contributed by atoms with Crippen LogP contribution < -0.4 is 5.73 Å². The number of ketones is 1. The molecule has 0 saturated heterocycles. The molecule has 0 heterocycles. The minimum atomic E-state index is -0.845. The number of aliphatic hydroxyl groups is 1. The topological polar surface area (TPSA) is 63.3 Å². The van der Waals surface area contributed by atoms with Crippen molar-refractivity contribution < 1.29 is 9.90 Å². The van der Waals surface area contributed by atoms with Crippen LogP contribution in [0.5, 0.6) is 0 Å². The maximum atomic E-state index is 11.9. The molecule has 3 N–H and O–H groups in total. The van der Waals surface area contributed by atoms with Crippen molar-refractivity contribution in [3.63, 3.8) is 0 Å². The molecule has 3 nitrogen and oxygen atoms in total. The van der Waals surface area contributed by atoms with Crippen LogP contribution in [0.1, 0.15) is 24.2 Å². The summed E-state index contributed by atoms with van der Waals surface area (Å²) in [5.41, 5.74) is 6.74. The predicted octanol–water partition coefficient (Wildman–Crippen LogP) is 1.48. The number of carbonyl (C=O) groups is 1. The molecule has 15 heavy (non-hydrogen) atoms. The first-order valence-corrected chi connectivity index (χ1v) is 4.78. The normalized spacial score (nSPS) is 14.3. The lowest BCUT2D eigenvalue weighted by molar-refractivity contribution is 0.0993. The highest BCUT2D eigenvalue weighted by Crippen LogP contribution is 2.13. The van der Waals surface area contributed by atoms with E-state index in [0.717, 1.165) is 0 Å². The molecule has 3 heteroatoms. The van der Waals surface area contributed by atoms with Gasteiger partial charge in [-0.05, 0) is 13.8 Å². The van der Waals surface area contributed by atoms with Crippen LogP contribution in [0.4, 0.5) is 0 Å². The second kappa shape index (κ2) is 4.75. The molecule has 1 atom stereocenters. The molecule has 0 saturated carbocycles. The van der Waals surface area contributed by atoms with Crippen molar-refractivity contribution in [2.45, 2.75) is 20.0 Å². The zero-order valence-electron chi connectivity index (χ0n) is 8.90. The fourth-order valence-corrected chi connectivity index (χ4v) is 1.44. The van der Waals surface area contributed by atoms with Gasteiger partial charge in [0, 0.05) is 16.8 Å². The van der Waals surface area contributed by atoms with Crippen LogP contribution in [0.3, 0.4) is 0 Å². The standard InChI is InChI=1S/C12H15NO2/c1-8(13)11(9(2)14)12(15)10-6-4-3-5-7-10/h3-7,9,14H,13H2,1-2H3. The van der Waals surface area contributed by atoms with Crippen molar-refractivity contribution in [1.82, 2.24) is 0 Å². The fourth-order valence-electron chi connectivity index (χ4n) is 1.44. The first-order chi connectivity index (χ1) is 7.04. The Morgan fingerprint density at radius 2 is 1.87 bits per heavy atom. The molecule has 1 aromatic rings. The van der Waals surface area contributed by atoms with Gasteiger partial charge >= 0.3 is 0 Å². The van der Waals surface area contributed by atoms with Gasteiger partial charge in [0.1, 0.15) is 0 Å². The molecule has 0 radical (unpaired) electrons. The van der Waals surface area contributed by atoms with E-state index in [0.29, 0.717) is 11.3 Å². The van der Waals surface area contributed by atoms with Crippen LogP contribution in [0, 0.1) is 0 Å². The summed E-state index contributed by atoms with van der Waals surface area (Å²) in [6.07, 6.45) is -0.845. The minimum Gasteiger partial charge on any atom is -0.402 e. The molecule has 0 aliphatic heterocycles. The molecule has 0 spiro atoms. The number of Topliss-reactive ketones (excluding diaryl/α,β-unsaturated/α-hetero) is 1. The predicted molar refractivity (Wildman–Crippen MR) is 59.3 cm³/mol. The van der Waals surface area contributed by atoms with Gasteiger partial charge in [-0.25, -0.2) is 0 Å². The van der Waals surface area contributed by atoms with Gasteiger partial charge in [0.25, 0.3) is 0 Å². The number of rotatable bonds is 3. The minimum absolute atomic E-state index is 0.217. The van der Waals surface area contributed by atoms with Crippen molar-refractivity contribution in [2.24, 2.45) is 5.73 Å². The van der Waals surface area contributed by atoms with Gasteiger partial charge in [0.05, 0.1) is 6.10 Å². The van der Waals surface area contributed by atoms with Crippen LogP contribution in [0.15, 0.2) is 41.6 Å². The summed E-state index contributed by atoms with van der Waals surface area (Å²) >= 11 is 0. The zero-order valence-corrected chi connectivity index (χ0v) is 8.90. The second-order valence-corrected chi connectivity index (χ2v) is 3.47. The van der Waals surface area contributed by atoms with Gasteiger partial charge in [0.15, 0.2) is 5.78 Å². The average molecular weight is 205 g/mol. The highest BCUT2D eigenvalue weighted by atomic mass is 16.3. The van der Waals surface area contributed by atoms with E-state index in [4.69, 9.17) is 5.73 Å². The van der Waals surface area contributed by atoms with E-state index in [1.54, 1.807) is 31.2 Å². The quantitative estimate of drug-likeness (QED) is 0.580. The number of benzene rings is 1. The van der Waals surface area contributed by atoms with Crippen molar-refractivity contribution >= 4 is 5.78 Å². The molecule has 1 aromatic carbocycles. The van der Waals surface area contributed by atoms with E-state index < -0.39 is 6.10 Å². The van der Waals surface area contributed by atoms with Crippen LogP contribution in [0.2, 0.25) is 0 Å². The Kier molecular flexibility index (Phi) is 3.63. The molecule has 0 amide bonds. The van der Waals surface area contributed by atoms with Gasteiger partial charge in [-0.1, -0.05) is 30.3 Å². The van der Waals surface area contributed by atoms with E-state index in [2.05, 4.69) is 0 Å². The van der Waals surface area contributed by atoms with Gasteiger partial charge in [0.2, 0.25) is 0 Å². The third-order valence-corrected chi connectivity index (χ3v) is 2.12. The summed E-state index contributed by atoms with van der Waals surface area (Å²) in [4.78, 5) is 11.9. The summed E-state index contributed by atoms with van der Waals surface area (Å²) in [7, 11) is 0. The first-order valence-electron chi connectivity index (χ1n) is 4.78. The lowest BCUT2D eigenvalue weighted by Crippen LogP contribution is -2.19. The van der Waals surface area contributed by atoms with E-state index >= 15 is 0 Å². The maximum absolute atomic E-state index is 11.9. The van der Waals surface area contributed by atoms with E-state index in [9.17, 15) is 9.90 Å². The summed E-state index contributed by atoms with van der Waals surface area (Å²) in [6, 6.07) is 8.79. The number of hydrogen-bond donors (Lipinski definition) is 2. The van der Waals surface area contributed by atoms with Gasteiger partial charge in [-0.15, -0.1) is 0 Å². The van der Waals surface area contributed by atoms with E-state index in [1.165, 1.54) is 6.92 Å². The molecule has 0 fully saturated rings. The highest BCUT2D eigenvalue weighted by molar-refractivity contribution is 6.09. The Labute approximate surface area is 89.2 Å². The van der Waals surface area contributed by atoms with Crippen molar-refractivity contribution in [3.8, 4) is 0 Å². The lowest BCUT2D eigenvalue weighted by atomic mass is 9.98. The Morgan fingerprint density at radius 1 is 1.33 bits per heavy atom. The molecular weight excluding hydrogens is 190 g/mol.